The van der Waals surface area contributed by atoms with E-state index in [4.69, 9.17) is 38.8 Å². The van der Waals surface area contributed by atoms with E-state index in [1.165, 1.54) is 4.90 Å². The molecule has 4 N–H and O–H groups in total. The lowest BCUT2D eigenvalue weighted by atomic mass is 9.99. The Kier molecular flexibility index (Phi) is 11.5. The first-order valence-electron chi connectivity index (χ1n) is 16.7. The summed E-state index contributed by atoms with van der Waals surface area (Å²) in [4.78, 5) is 28.0. The number of ether oxygens (including phenoxy) is 1. The number of halogens is 2. The third kappa shape index (κ3) is 8.74. The van der Waals surface area contributed by atoms with Crippen LogP contribution in [0, 0.1) is 11.8 Å². The van der Waals surface area contributed by atoms with Gasteiger partial charge in [0.1, 0.15) is 0 Å². The number of rotatable bonds is 9. The summed E-state index contributed by atoms with van der Waals surface area (Å²) in [5.41, 5.74) is 12.2. The number of nitrogens with two attached hydrogens (primary N) is 1. The van der Waals surface area contributed by atoms with Crippen molar-refractivity contribution >= 4 is 35.0 Å². The molecule has 260 valence electrons. The smallest absolute Gasteiger partial charge is 0.311 e. The molecule has 2 amide bonds. The van der Waals surface area contributed by atoms with Gasteiger partial charge in [0.2, 0.25) is 0 Å². The van der Waals surface area contributed by atoms with Crippen molar-refractivity contribution in [3.05, 3.63) is 110 Å². The highest BCUT2D eigenvalue weighted by Crippen LogP contribution is 2.32. The van der Waals surface area contributed by atoms with Gasteiger partial charge in [-0.25, -0.2) is 0 Å². The van der Waals surface area contributed by atoms with Crippen LogP contribution in [-0.2, 0) is 46.9 Å². The highest BCUT2D eigenvalue weighted by molar-refractivity contribution is 6.34. The molecule has 0 aliphatic carbocycles. The predicted octanol–water partition coefficient (Wildman–Crippen LogP) is 4.00. The fraction of sp³-hybridized carbons (Fsp3) is 0.342. The van der Waals surface area contributed by atoms with E-state index in [0.29, 0.717) is 55.5 Å². The Morgan fingerprint density at radius 2 is 1.74 bits per heavy atom. The highest BCUT2D eigenvalue weighted by Gasteiger charge is 2.31. The van der Waals surface area contributed by atoms with Crippen LogP contribution in [0.1, 0.15) is 40.4 Å². The lowest BCUT2D eigenvalue weighted by Gasteiger charge is -2.34. The van der Waals surface area contributed by atoms with Crippen LogP contribution in [0.15, 0.2) is 66.7 Å². The van der Waals surface area contributed by atoms with Crippen LogP contribution < -0.4 is 11.1 Å². The number of fused-ring (bicyclic) bond motifs is 1. The molecule has 6 rings (SSSR count). The molecule has 2 atom stereocenters. The number of amides is 2. The summed E-state index contributed by atoms with van der Waals surface area (Å²) in [5, 5.41) is 20.7. The summed E-state index contributed by atoms with van der Waals surface area (Å²) in [5.74, 6) is 4.70. The normalized spacial score (nSPS) is 16.7. The van der Waals surface area contributed by atoms with Crippen molar-refractivity contribution in [2.75, 3.05) is 32.8 Å². The molecule has 3 heterocycles. The third-order valence-corrected chi connectivity index (χ3v) is 9.65. The SMILES string of the molecule is C[C@H]1COCCN1C[C@H](O)Cn1nc(-c2ccc(Cl)c(C#Cc3ccc(CNCc4ccc(Cl)cc4)cc3)c2)c2c1CCN(C(=O)C(N)=O)C2. The fourth-order valence-corrected chi connectivity index (χ4v) is 6.62. The molecular formula is C38H40Cl2N6O4. The number of benzene rings is 3. The van der Waals surface area contributed by atoms with Crippen molar-refractivity contribution in [1.82, 2.24) is 24.9 Å². The van der Waals surface area contributed by atoms with Crippen molar-refractivity contribution in [3.63, 3.8) is 0 Å². The lowest BCUT2D eigenvalue weighted by molar-refractivity contribution is -0.144. The van der Waals surface area contributed by atoms with Crippen LogP contribution >= 0.6 is 23.2 Å². The van der Waals surface area contributed by atoms with Gasteiger partial charge in [0.25, 0.3) is 0 Å². The van der Waals surface area contributed by atoms with Gasteiger partial charge < -0.3 is 25.8 Å². The molecule has 2 aliphatic heterocycles. The van der Waals surface area contributed by atoms with Crippen molar-refractivity contribution in [3.8, 4) is 23.1 Å². The lowest BCUT2D eigenvalue weighted by Crippen LogP contribution is -2.47. The molecule has 2 aliphatic rings. The molecule has 0 unspecified atom stereocenters. The van der Waals surface area contributed by atoms with Crippen LogP contribution in [0.25, 0.3) is 11.3 Å². The predicted molar refractivity (Wildman–Crippen MR) is 193 cm³/mol. The van der Waals surface area contributed by atoms with E-state index in [9.17, 15) is 14.7 Å². The molecule has 1 fully saturated rings. The first kappa shape index (κ1) is 35.6. The molecule has 0 saturated carbocycles. The Hall–Kier alpha value is -4.21. The number of hydrogen-bond donors (Lipinski definition) is 3. The van der Waals surface area contributed by atoms with E-state index in [-0.39, 0.29) is 19.1 Å². The summed E-state index contributed by atoms with van der Waals surface area (Å²) in [6, 6.07) is 21.6. The summed E-state index contributed by atoms with van der Waals surface area (Å²) in [6.45, 7) is 6.84. The van der Waals surface area contributed by atoms with Gasteiger partial charge in [-0.05, 0) is 54.4 Å². The molecule has 0 spiro atoms. The van der Waals surface area contributed by atoms with Gasteiger partial charge in [-0.2, -0.15) is 5.10 Å². The Labute approximate surface area is 302 Å². The average molecular weight is 716 g/mol. The van der Waals surface area contributed by atoms with Crippen molar-refractivity contribution in [2.45, 2.75) is 51.7 Å². The number of carbonyl (C=O) groups excluding carboxylic acids is 2. The van der Waals surface area contributed by atoms with Crippen LogP contribution in [0.3, 0.4) is 0 Å². The number of aromatic nitrogens is 2. The van der Waals surface area contributed by atoms with Crippen molar-refractivity contribution in [2.24, 2.45) is 5.73 Å². The average Bonchev–Trinajstić information content (AvgIpc) is 3.47. The summed E-state index contributed by atoms with van der Waals surface area (Å²) in [6.07, 6.45) is -0.204. The van der Waals surface area contributed by atoms with Crippen LogP contribution in [0.2, 0.25) is 10.0 Å². The van der Waals surface area contributed by atoms with E-state index in [1.807, 2.05) is 65.3 Å². The highest BCUT2D eigenvalue weighted by atomic mass is 35.5. The Morgan fingerprint density at radius 3 is 2.44 bits per heavy atom. The number of primary amides is 1. The van der Waals surface area contributed by atoms with E-state index in [0.717, 1.165) is 51.6 Å². The fourth-order valence-electron chi connectivity index (χ4n) is 6.33. The molecule has 1 aromatic heterocycles. The number of morpholine rings is 1. The molecular weight excluding hydrogens is 675 g/mol. The van der Waals surface area contributed by atoms with E-state index < -0.39 is 17.9 Å². The maximum atomic E-state index is 12.6. The second kappa shape index (κ2) is 16.2. The maximum Gasteiger partial charge on any atom is 0.311 e. The zero-order valence-electron chi connectivity index (χ0n) is 27.9. The molecule has 50 heavy (non-hydrogen) atoms. The Balaban J connectivity index is 1.20. The zero-order chi connectivity index (χ0) is 35.2. The second-order valence-corrected chi connectivity index (χ2v) is 13.6. The largest absolute Gasteiger partial charge is 0.390 e. The maximum absolute atomic E-state index is 12.6. The first-order valence-corrected chi connectivity index (χ1v) is 17.4. The Morgan fingerprint density at radius 1 is 1.02 bits per heavy atom. The zero-order valence-corrected chi connectivity index (χ0v) is 29.4. The molecule has 0 bridgehead atoms. The van der Waals surface area contributed by atoms with Crippen LogP contribution in [-0.4, -0.2) is 81.5 Å². The van der Waals surface area contributed by atoms with Gasteiger partial charge in [-0.1, -0.05) is 65.4 Å². The minimum atomic E-state index is -0.997. The molecule has 1 saturated heterocycles. The third-order valence-electron chi connectivity index (χ3n) is 9.07. The molecule has 3 aromatic carbocycles. The topological polar surface area (TPSA) is 126 Å². The van der Waals surface area contributed by atoms with E-state index in [1.54, 1.807) is 6.07 Å². The molecule has 12 heteroatoms. The van der Waals surface area contributed by atoms with Gasteiger partial charge in [0, 0.05) is 78.2 Å². The number of hydrogen-bond acceptors (Lipinski definition) is 7. The standard InChI is InChI=1S/C38H40Cl2N6O4/c1-25-24-50-17-16-44(25)21-32(47)22-46-35-14-15-45(38(49)37(41)48)23-33(35)36(43-46)30-10-13-34(40)29(18-30)9-6-26-2-4-27(5-3-26)19-42-20-28-7-11-31(39)12-8-28/h2-5,7-8,10-13,18,25,32,42,47H,14-17,19-24H2,1H3,(H2,41,48)/t25-,32-/m0/s1. The van der Waals surface area contributed by atoms with Crippen molar-refractivity contribution in [1.29, 1.82) is 0 Å². The Bertz CT molecular complexity index is 1900. The van der Waals surface area contributed by atoms with Gasteiger partial charge in [-0.3, -0.25) is 19.2 Å². The minimum Gasteiger partial charge on any atom is -0.390 e. The molecule has 10 nitrogen and oxygen atoms in total. The number of nitrogens with one attached hydrogen (secondary N) is 1. The van der Waals surface area contributed by atoms with Crippen molar-refractivity contribution < 1.29 is 19.4 Å². The van der Waals surface area contributed by atoms with Gasteiger partial charge >= 0.3 is 11.8 Å². The number of aliphatic hydroxyl groups is 1. The minimum absolute atomic E-state index is 0.174. The summed E-state index contributed by atoms with van der Waals surface area (Å²) < 4.78 is 7.38. The number of nitrogens with zero attached hydrogens (tertiary/aromatic N) is 4. The van der Waals surface area contributed by atoms with Gasteiger partial charge in [-0.15, -0.1) is 0 Å². The monoisotopic (exact) mass is 714 g/mol. The van der Waals surface area contributed by atoms with E-state index in [2.05, 4.69) is 29.0 Å². The van der Waals surface area contributed by atoms with Gasteiger partial charge in [0.05, 0.1) is 43.1 Å². The van der Waals surface area contributed by atoms with Gasteiger partial charge in [0.15, 0.2) is 0 Å². The van der Waals surface area contributed by atoms with Crippen LogP contribution in [0.5, 0.6) is 0 Å². The number of carbonyl (C=O) groups is 2. The second-order valence-electron chi connectivity index (χ2n) is 12.7. The first-order chi connectivity index (χ1) is 24.1. The van der Waals surface area contributed by atoms with Crippen LogP contribution in [0.4, 0.5) is 0 Å². The summed E-state index contributed by atoms with van der Waals surface area (Å²) >= 11 is 12.6. The molecule has 4 aromatic rings. The summed E-state index contributed by atoms with van der Waals surface area (Å²) in [7, 11) is 0. The number of aliphatic hydroxyl groups excluding tert-OH is 1. The van der Waals surface area contributed by atoms with E-state index >= 15 is 0 Å². The quantitative estimate of drug-likeness (QED) is 0.177. The number of β-amino-alcohol motifs (C(OH)–C–C–N with tert-alkyl or cyclic N) is 1. The molecule has 0 radical (unpaired) electrons.